The van der Waals surface area contributed by atoms with Gasteiger partial charge in [-0.05, 0) is 42.4 Å². The normalized spacial score (nSPS) is 38.4. The largest absolute Gasteiger partial charge is 0.0625 e. The zero-order valence-electron chi connectivity index (χ0n) is 15.1. The van der Waals surface area contributed by atoms with Crippen molar-refractivity contribution in [2.24, 2.45) is 29.6 Å². The predicted octanol–water partition coefficient (Wildman–Crippen LogP) is 7.23. The lowest BCUT2D eigenvalue weighted by molar-refractivity contribution is 0.198. The highest BCUT2D eigenvalue weighted by Crippen LogP contribution is 2.37. The second-order valence-electron chi connectivity index (χ2n) is 8.79. The van der Waals surface area contributed by atoms with Crippen molar-refractivity contribution >= 4 is 0 Å². The minimum atomic E-state index is 0.955. The number of hydrogen-bond donors (Lipinski definition) is 0. The van der Waals surface area contributed by atoms with E-state index in [1.165, 1.54) is 70.6 Å². The molecule has 21 heavy (non-hydrogen) atoms. The van der Waals surface area contributed by atoms with E-state index in [4.69, 9.17) is 0 Å². The van der Waals surface area contributed by atoms with Crippen LogP contribution in [0.5, 0.6) is 0 Å². The Bertz CT molecular complexity index is 263. The lowest BCUT2D eigenvalue weighted by Crippen LogP contribution is -2.20. The van der Waals surface area contributed by atoms with E-state index < -0.39 is 0 Å². The molecule has 0 spiro atoms. The van der Waals surface area contributed by atoms with Gasteiger partial charge in [0.2, 0.25) is 0 Å². The second kappa shape index (κ2) is 9.21. The molecule has 2 aliphatic carbocycles. The van der Waals surface area contributed by atoms with Crippen LogP contribution >= 0.6 is 0 Å². The summed E-state index contributed by atoms with van der Waals surface area (Å²) in [6.07, 6.45) is 19.6. The molecule has 0 aliphatic heterocycles. The van der Waals surface area contributed by atoms with Crippen molar-refractivity contribution in [3.63, 3.8) is 0 Å². The molecule has 0 heteroatoms. The summed E-state index contributed by atoms with van der Waals surface area (Å²) >= 11 is 0. The molecule has 0 N–H and O–H groups in total. The first-order valence-electron chi connectivity index (χ1n) is 10.1. The molecule has 2 aliphatic rings. The Hall–Kier alpha value is 0. The third-order valence-electron chi connectivity index (χ3n) is 6.58. The minimum absolute atomic E-state index is 0.955. The fraction of sp³-hybridized carbons (Fsp3) is 1.00. The molecule has 0 bridgehead atoms. The van der Waals surface area contributed by atoms with Crippen molar-refractivity contribution < 1.29 is 0 Å². The van der Waals surface area contributed by atoms with Gasteiger partial charge < -0.3 is 0 Å². The standard InChI is InChI=1S/C21H40/c1-17-12-13-19(3)16-18(2)8-7-11-21(15-14-17)20-9-5-4-6-10-20/h17-21H,4-16H2,1-3H3. The van der Waals surface area contributed by atoms with Crippen molar-refractivity contribution in [3.05, 3.63) is 0 Å². The molecule has 0 aromatic rings. The maximum atomic E-state index is 2.51. The van der Waals surface area contributed by atoms with Crippen molar-refractivity contribution in [1.82, 2.24) is 0 Å². The topological polar surface area (TPSA) is 0 Å². The summed E-state index contributed by atoms with van der Waals surface area (Å²) in [5, 5.41) is 0. The summed E-state index contributed by atoms with van der Waals surface area (Å²) in [6, 6.07) is 0. The van der Waals surface area contributed by atoms with Gasteiger partial charge in [-0.3, -0.25) is 0 Å². The van der Waals surface area contributed by atoms with Crippen molar-refractivity contribution in [1.29, 1.82) is 0 Å². The third kappa shape index (κ3) is 6.33. The van der Waals surface area contributed by atoms with E-state index in [1.54, 1.807) is 12.8 Å². The Labute approximate surface area is 134 Å². The van der Waals surface area contributed by atoms with Crippen LogP contribution in [0.2, 0.25) is 0 Å². The molecule has 0 saturated heterocycles. The Morgan fingerprint density at radius 3 is 1.71 bits per heavy atom. The quantitative estimate of drug-likeness (QED) is 0.478. The molecule has 0 radical (unpaired) electrons. The van der Waals surface area contributed by atoms with Crippen molar-refractivity contribution in [2.45, 2.75) is 104 Å². The van der Waals surface area contributed by atoms with Crippen LogP contribution < -0.4 is 0 Å². The minimum Gasteiger partial charge on any atom is -0.0625 e. The van der Waals surface area contributed by atoms with E-state index in [9.17, 15) is 0 Å². The Kier molecular flexibility index (Phi) is 7.61. The van der Waals surface area contributed by atoms with Gasteiger partial charge in [-0.2, -0.15) is 0 Å². The number of rotatable bonds is 1. The lowest BCUT2D eigenvalue weighted by Gasteiger charge is -2.32. The first-order chi connectivity index (χ1) is 10.1. The van der Waals surface area contributed by atoms with Gasteiger partial charge in [0.05, 0.1) is 0 Å². The highest BCUT2D eigenvalue weighted by atomic mass is 14.3. The molecular formula is C21H40. The van der Waals surface area contributed by atoms with Crippen LogP contribution in [0.25, 0.3) is 0 Å². The summed E-state index contributed by atoms with van der Waals surface area (Å²) < 4.78 is 0. The van der Waals surface area contributed by atoms with E-state index in [1.807, 2.05) is 0 Å². The molecule has 2 fully saturated rings. The van der Waals surface area contributed by atoms with Crippen LogP contribution in [0.3, 0.4) is 0 Å². The highest BCUT2D eigenvalue weighted by molar-refractivity contribution is 4.76. The lowest BCUT2D eigenvalue weighted by atomic mass is 9.74. The van der Waals surface area contributed by atoms with E-state index in [2.05, 4.69) is 20.8 Å². The van der Waals surface area contributed by atoms with Crippen molar-refractivity contribution in [3.8, 4) is 0 Å². The molecule has 124 valence electrons. The molecule has 4 unspecified atom stereocenters. The van der Waals surface area contributed by atoms with Crippen LogP contribution in [0.4, 0.5) is 0 Å². The maximum Gasteiger partial charge on any atom is -0.0386 e. The predicted molar refractivity (Wildman–Crippen MR) is 94.5 cm³/mol. The summed E-state index contributed by atoms with van der Waals surface area (Å²) in [5.41, 5.74) is 0. The van der Waals surface area contributed by atoms with Crippen LogP contribution in [-0.4, -0.2) is 0 Å². The Morgan fingerprint density at radius 1 is 0.429 bits per heavy atom. The summed E-state index contributed by atoms with van der Waals surface area (Å²) in [6.45, 7) is 7.50. The molecule has 2 saturated carbocycles. The summed E-state index contributed by atoms with van der Waals surface area (Å²) in [4.78, 5) is 0. The molecule has 0 aromatic heterocycles. The van der Waals surface area contributed by atoms with Crippen molar-refractivity contribution in [2.75, 3.05) is 0 Å². The van der Waals surface area contributed by atoms with E-state index in [-0.39, 0.29) is 0 Å². The molecule has 0 heterocycles. The van der Waals surface area contributed by atoms with E-state index >= 15 is 0 Å². The molecule has 0 amide bonds. The highest BCUT2D eigenvalue weighted by Gasteiger charge is 2.24. The summed E-state index contributed by atoms with van der Waals surface area (Å²) in [5.74, 6) is 5.03. The molecule has 4 atom stereocenters. The Balaban J connectivity index is 1.89. The van der Waals surface area contributed by atoms with Crippen LogP contribution in [0.1, 0.15) is 104 Å². The third-order valence-corrected chi connectivity index (χ3v) is 6.58. The van der Waals surface area contributed by atoms with Crippen LogP contribution in [-0.2, 0) is 0 Å². The van der Waals surface area contributed by atoms with Crippen LogP contribution in [0.15, 0.2) is 0 Å². The zero-order chi connectivity index (χ0) is 15.1. The van der Waals surface area contributed by atoms with Gasteiger partial charge in [-0.1, -0.05) is 91.4 Å². The van der Waals surface area contributed by atoms with E-state index in [0.29, 0.717) is 0 Å². The van der Waals surface area contributed by atoms with Gasteiger partial charge in [0.25, 0.3) is 0 Å². The van der Waals surface area contributed by atoms with Crippen LogP contribution in [0, 0.1) is 29.6 Å². The Morgan fingerprint density at radius 2 is 0.952 bits per heavy atom. The molecule has 0 aromatic carbocycles. The first-order valence-corrected chi connectivity index (χ1v) is 10.1. The van der Waals surface area contributed by atoms with Gasteiger partial charge in [0, 0.05) is 0 Å². The fourth-order valence-electron chi connectivity index (χ4n) is 5.08. The smallest absolute Gasteiger partial charge is 0.0386 e. The molecule has 2 rings (SSSR count). The molecular weight excluding hydrogens is 252 g/mol. The zero-order valence-corrected chi connectivity index (χ0v) is 15.1. The van der Waals surface area contributed by atoms with Gasteiger partial charge in [-0.25, -0.2) is 0 Å². The molecule has 0 nitrogen and oxygen atoms in total. The first kappa shape index (κ1) is 17.4. The average Bonchev–Trinajstić information content (AvgIpc) is 2.48. The second-order valence-corrected chi connectivity index (χ2v) is 8.79. The van der Waals surface area contributed by atoms with Gasteiger partial charge >= 0.3 is 0 Å². The number of hydrogen-bond acceptors (Lipinski definition) is 0. The van der Waals surface area contributed by atoms with E-state index in [0.717, 1.165) is 29.6 Å². The maximum absolute atomic E-state index is 2.51. The van der Waals surface area contributed by atoms with Gasteiger partial charge in [0.1, 0.15) is 0 Å². The average molecular weight is 293 g/mol. The summed E-state index contributed by atoms with van der Waals surface area (Å²) in [7, 11) is 0. The van der Waals surface area contributed by atoms with Gasteiger partial charge in [-0.15, -0.1) is 0 Å². The fourth-order valence-corrected chi connectivity index (χ4v) is 5.08. The monoisotopic (exact) mass is 292 g/mol. The SMILES string of the molecule is CC1CCC(C)CC(C)CCCC(C2CCCCC2)CC1. The van der Waals surface area contributed by atoms with Gasteiger partial charge in [0.15, 0.2) is 0 Å².